The van der Waals surface area contributed by atoms with Gasteiger partial charge in [-0.05, 0) is 37.1 Å². The third-order valence-corrected chi connectivity index (χ3v) is 6.25. The van der Waals surface area contributed by atoms with Crippen LogP contribution in [0.15, 0.2) is 35.2 Å². The highest BCUT2D eigenvalue weighted by molar-refractivity contribution is 7.99. The van der Waals surface area contributed by atoms with Crippen molar-refractivity contribution in [3.05, 3.63) is 30.3 Å². The number of thioether (sulfide) groups is 1. The monoisotopic (exact) mass is 374 g/mol. The zero-order valence-electron chi connectivity index (χ0n) is 15.0. The number of amides is 3. The summed E-state index contributed by atoms with van der Waals surface area (Å²) in [5.74, 6) is 0.462. The van der Waals surface area contributed by atoms with E-state index in [0.29, 0.717) is 6.54 Å². The Hall–Kier alpha value is -1.82. The Morgan fingerprint density at radius 1 is 1.08 bits per heavy atom. The van der Waals surface area contributed by atoms with Crippen LogP contribution in [0, 0.1) is 11.8 Å². The molecule has 1 N–H and O–H groups in total. The van der Waals surface area contributed by atoms with Gasteiger partial charge in [0.25, 0.3) is 0 Å². The maximum atomic E-state index is 12.4. The van der Waals surface area contributed by atoms with E-state index in [1.807, 2.05) is 18.2 Å². The Morgan fingerprint density at radius 2 is 1.73 bits per heavy atom. The molecule has 0 unspecified atom stereocenters. The lowest BCUT2D eigenvalue weighted by atomic mass is 9.81. The van der Waals surface area contributed by atoms with Crippen LogP contribution in [0.1, 0.15) is 38.5 Å². The van der Waals surface area contributed by atoms with Crippen molar-refractivity contribution in [2.24, 2.45) is 11.8 Å². The van der Waals surface area contributed by atoms with Gasteiger partial charge in [-0.1, -0.05) is 31.0 Å². The van der Waals surface area contributed by atoms with Gasteiger partial charge < -0.3 is 5.32 Å². The number of hydrogen-bond acceptors (Lipinski definition) is 4. The summed E-state index contributed by atoms with van der Waals surface area (Å²) in [5, 5.41) is 2.88. The number of nitrogens with zero attached hydrogens (tertiary/aromatic N) is 1. The fourth-order valence-corrected chi connectivity index (χ4v) is 4.63. The second kappa shape index (κ2) is 9.21. The van der Waals surface area contributed by atoms with Crippen LogP contribution in [-0.2, 0) is 14.4 Å². The summed E-state index contributed by atoms with van der Waals surface area (Å²) in [6.45, 7) is 0.834. The smallest absolute Gasteiger partial charge is 0.233 e. The van der Waals surface area contributed by atoms with Gasteiger partial charge in [0.2, 0.25) is 17.7 Å². The Morgan fingerprint density at radius 3 is 2.38 bits per heavy atom. The average molecular weight is 375 g/mol. The SMILES string of the molecule is O=C(CCN1C(=O)[C@@H]2CCCC[C@H]2C1=O)NCCCSc1ccccc1. The van der Waals surface area contributed by atoms with E-state index in [2.05, 4.69) is 17.4 Å². The lowest BCUT2D eigenvalue weighted by Crippen LogP contribution is -2.35. The molecule has 1 aromatic carbocycles. The number of nitrogens with one attached hydrogen (secondary N) is 1. The number of rotatable bonds is 8. The first-order chi connectivity index (χ1) is 12.7. The summed E-state index contributed by atoms with van der Waals surface area (Å²) >= 11 is 1.77. The summed E-state index contributed by atoms with van der Waals surface area (Å²) in [5.41, 5.74) is 0. The molecule has 2 fully saturated rings. The van der Waals surface area contributed by atoms with E-state index in [1.54, 1.807) is 11.8 Å². The predicted molar refractivity (Wildman–Crippen MR) is 102 cm³/mol. The minimum atomic E-state index is -0.130. The maximum absolute atomic E-state index is 12.4. The fourth-order valence-electron chi connectivity index (χ4n) is 3.76. The molecule has 1 aromatic rings. The first kappa shape index (κ1) is 19.0. The van der Waals surface area contributed by atoms with Gasteiger partial charge in [-0.3, -0.25) is 19.3 Å². The molecule has 3 rings (SSSR count). The number of hydrogen-bond donors (Lipinski definition) is 1. The molecule has 0 radical (unpaired) electrons. The normalized spacial score (nSPS) is 22.4. The fraction of sp³-hybridized carbons (Fsp3) is 0.550. The van der Waals surface area contributed by atoms with E-state index >= 15 is 0 Å². The highest BCUT2D eigenvalue weighted by Gasteiger charge is 2.47. The van der Waals surface area contributed by atoms with Gasteiger partial charge in [-0.2, -0.15) is 0 Å². The zero-order valence-corrected chi connectivity index (χ0v) is 15.8. The zero-order chi connectivity index (χ0) is 18.4. The number of likely N-dealkylation sites (tertiary alicyclic amines) is 1. The topological polar surface area (TPSA) is 66.5 Å². The molecule has 140 valence electrons. The molecule has 1 saturated carbocycles. The average Bonchev–Trinajstić information content (AvgIpc) is 2.91. The summed E-state index contributed by atoms with van der Waals surface area (Å²) in [6.07, 6.45) is 4.76. The van der Waals surface area contributed by atoms with Gasteiger partial charge >= 0.3 is 0 Å². The molecule has 6 heteroatoms. The third-order valence-electron chi connectivity index (χ3n) is 5.15. The maximum Gasteiger partial charge on any atom is 0.233 e. The van der Waals surface area contributed by atoms with Crippen molar-refractivity contribution in [1.82, 2.24) is 10.2 Å². The minimum absolute atomic E-state index is 0.0632. The molecule has 3 amide bonds. The van der Waals surface area contributed by atoms with Gasteiger partial charge in [0, 0.05) is 24.4 Å². The molecule has 1 heterocycles. The number of fused-ring (bicyclic) bond motifs is 1. The molecule has 1 aliphatic heterocycles. The van der Waals surface area contributed by atoms with E-state index in [0.717, 1.165) is 37.9 Å². The molecule has 2 atom stereocenters. The first-order valence-electron chi connectivity index (χ1n) is 9.46. The molecule has 2 aliphatic rings. The second-order valence-corrected chi connectivity index (χ2v) is 8.11. The molecule has 1 aliphatic carbocycles. The number of carbonyl (C=O) groups is 3. The molecular formula is C20H26N2O3S. The van der Waals surface area contributed by atoms with Crippen molar-refractivity contribution in [2.45, 2.75) is 43.4 Å². The molecule has 0 bridgehead atoms. The lowest BCUT2D eigenvalue weighted by molar-refractivity contribution is -0.140. The second-order valence-electron chi connectivity index (χ2n) is 6.94. The van der Waals surface area contributed by atoms with Gasteiger partial charge in [0.1, 0.15) is 0 Å². The largest absolute Gasteiger partial charge is 0.356 e. The summed E-state index contributed by atoms with van der Waals surface area (Å²) in [6, 6.07) is 10.2. The van der Waals surface area contributed by atoms with Crippen LogP contribution in [-0.4, -0.2) is 41.5 Å². The third kappa shape index (κ3) is 4.67. The number of benzene rings is 1. The van der Waals surface area contributed by atoms with Crippen LogP contribution in [0.25, 0.3) is 0 Å². The van der Waals surface area contributed by atoms with Crippen molar-refractivity contribution in [2.75, 3.05) is 18.8 Å². The van der Waals surface area contributed by atoms with Gasteiger partial charge in [-0.15, -0.1) is 11.8 Å². The highest BCUT2D eigenvalue weighted by atomic mass is 32.2. The molecule has 0 aromatic heterocycles. The van der Waals surface area contributed by atoms with Gasteiger partial charge in [-0.25, -0.2) is 0 Å². The van der Waals surface area contributed by atoms with Crippen molar-refractivity contribution >= 4 is 29.5 Å². The van der Waals surface area contributed by atoms with Crippen LogP contribution < -0.4 is 5.32 Å². The van der Waals surface area contributed by atoms with Crippen LogP contribution in [0.4, 0.5) is 0 Å². The molecular weight excluding hydrogens is 348 g/mol. The summed E-state index contributed by atoms with van der Waals surface area (Å²) in [7, 11) is 0. The van der Waals surface area contributed by atoms with Crippen LogP contribution >= 0.6 is 11.8 Å². The minimum Gasteiger partial charge on any atom is -0.356 e. The van der Waals surface area contributed by atoms with Crippen LogP contribution in [0.5, 0.6) is 0 Å². The standard InChI is InChI=1S/C20H26N2O3S/c23-18(21-12-6-14-26-15-7-2-1-3-8-15)11-13-22-19(24)16-9-4-5-10-17(16)20(22)25/h1-3,7-8,16-17H,4-6,9-14H2,(H,21,23)/t16-,17-/m1/s1. The quantitative estimate of drug-likeness (QED) is 0.432. The van der Waals surface area contributed by atoms with Gasteiger partial charge in [0.15, 0.2) is 0 Å². The molecule has 5 nitrogen and oxygen atoms in total. The van der Waals surface area contributed by atoms with E-state index in [-0.39, 0.29) is 42.5 Å². The summed E-state index contributed by atoms with van der Waals surface area (Å²) in [4.78, 5) is 39.3. The Kier molecular flexibility index (Phi) is 6.72. The Bertz CT molecular complexity index is 626. The number of carbonyl (C=O) groups excluding carboxylic acids is 3. The highest BCUT2D eigenvalue weighted by Crippen LogP contribution is 2.37. The summed E-state index contributed by atoms with van der Waals surface area (Å²) < 4.78 is 0. The van der Waals surface area contributed by atoms with Crippen molar-refractivity contribution in [1.29, 1.82) is 0 Å². The van der Waals surface area contributed by atoms with Crippen molar-refractivity contribution < 1.29 is 14.4 Å². The van der Waals surface area contributed by atoms with E-state index in [4.69, 9.17) is 0 Å². The Balaban J connectivity index is 1.32. The molecule has 26 heavy (non-hydrogen) atoms. The van der Waals surface area contributed by atoms with Crippen LogP contribution in [0.2, 0.25) is 0 Å². The predicted octanol–water partition coefficient (Wildman–Crippen LogP) is 2.85. The van der Waals surface area contributed by atoms with E-state index in [9.17, 15) is 14.4 Å². The molecule has 0 spiro atoms. The van der Waals surface area contributed by atoms with Gasteiger partial charge in [0.05, 0.1) is 11.8 Å². The van der Waals surface area contributed by atoms with Crippen LogP contribution in [0.3, 0.4) is 0 Å². The number of imide groups is 1. The first-order valence-corrected chi connectivity index (χ1v) is 10.4. The van der Waals surface area contributed by atoms with Crippen molar-refractivity contribution in [3.8, 4) is 0 Å². The van der Waals surface area contributed by atoms with E-state index in [1.165, 1.54) is 9.80 Å². The molecule has 1 saturated heterocycles. The van der Waals surface area contributed by atoms with E-state index < -0.39 is 0 Å². The Labute approximate surface area is 158 Å². The lowest BCUT2D eigenvalue weighted by Gasteiger charge is -2.19. The van der Waals surface area contributed by atoms with Crippen molar-refractivity contribution in [3.63, 3.8) is 0 Å².